The lowest BCUT2D eigenvalue weighted by Crippen LogP contribution is -2.40. The van der Waals surface area contributed by atoms with E-state index in [1.54, 1.807) is 6.92 Å². The van der Waals surface area contributed by atoms with E-state index in [1.165, 1.54) is 24.4 Å². The molecule has 0 saturated carbocycles. The molecule has 134 valence electrons. The SMILES string of the molecule is CC[C@@H](NS(=O)(=O)c1ccc2c(Cl)cnc(N=C(N)N)c2c1)C(=O)O. The number of halogens is 1. The van der Waals surface area contributed by atoms with Crippen molar-refractivity contribution in [1.29, 1.82) is 0 Å². The summed E-state index contributed by atoms with van der Waals surface area (Å²) < 4.78 is 27.0. The maximum atomic E-state index is 12.5. The molecule has 0 bridgehead atoms. The van der Waals surface area contributed by atoms with Gasteiger partial charge in [-0.1, -0.05) is 24.6 Å². The Morgan fingerprint density at radius 3 is 2.64 bits per heavy atom. The highest BCUT2D eigenvalue weighted by Crippen LogP contribution is 2.31. The van der Waals surface area contributed by atoms with Gasteiger partial charge in [-0.2, -0.15) is 9.71 Å². The number of nitrogens with one attached hydrogen (secondary N) is 1. The monoisotopic (exact) mass is 385 g/mol. The minimum atomic E-state index is -4.08. The molecule has 1 aromatic carbocycles. The number of aliphatic imine (C=N–C) groups is 1. The Balaban J connectivity index is 2.60. The summed E-state index contributed by atoms with van der Waals surface area (Å²) in [6.45, 7) is 1.56. The molecule has 1 aromatic heterocycles. The number of guanidine groups is 1. The van der Waals surface area contributed by atoms with Gasteiger partial charge in [-0.15, -0.1) is 0 Å². The zero-order valence-corrected chi connectivity index (χ0v) is 14.7. The summed E-state index contributed by atoms with van der Waals surface area (Å²) in [6.07, 6.45) is 1.43. The summed E-state index contributed by atoms with van der Waals surface area (Å²) in [4.78, 5) is 18.8. The van der Waals surface area contributed by atoms with Gasteiger partial charge in [0, 0.05) is 17.0 Å². The Hall–Kier alpha value is -2.43. The second kappa shape index (κ2) is 7.21. The van der Waals surface area contributed by atoms with Crippen LogP contribution in [-0.4, -0.2) is 36.5 Å². The number of carboxylic acids is 1. The minimum Gasteiger partial charge on any atom is -0.480 e. The van der Waals surface area contributed by atoms with Crippen LogP contribution in [0.1, 0.15) is 13.3 Å². The Morgan fingerprint density at radius 1 is 1.40 bits per heavy atom. The molecule has 1 atom stereocenters. The number of pyridine rings is 1. The molecule has 0 fully saturated rings. The lowest BCUT2D eigenvalue weighted by Gasteiger charge is -2.13. The Labute approximate surface area is 148 Å². The zero-order chi connectivity index (χ0) is 18.8. The lowest BCUT2D eigenvalue weighted by atomic mass is 10.1. The van der Waals surface area contributed by atoms with Crippen molar-refractivity contribution in [2.75, 3.05) is 0 Å². The molecule has 1 heterocycles. The van der Waals surface area contributed by atoms with Gasteiger partial charge in [0.15, 0.2) is 11.8 Å². The standard InChI is InChI=1S/C14H16ClN5O4S/c1-2-11(13(21)22)20-25(23,24)7-3-4-8-9(5-7)12(19-14(16)17)18-6-10(8)15/h3-6,11,20H,2H2,1H3,(H,21,22)(H4,16,17,18,19)/t11-/m1/s1. The van der Waals surface area contributed by atoms with Gasteiger partial charge in [-0.05, 0) is 18.6 Å². The molecule has 0 unspecified atom stereocenters. The first-order valence-corrected chi connectivity index (χ1v) is 8.95. The van der Waals surface area contributed by atoms with Crippen molar-refractivity contribution in [1.82, 2.24) is 9.71 Å². The largest absolute Gasteiger partial charge is 0.480 e. The molecular formula is C14H16ClN5O4S. The summed E-state index contributed by atoms with van der Waals surface area (Å²) in [5, 5.41) is 10.1. The van der Waals surface area contributed by atoms with Crippen molar-refractivity contribution in [3.05, 3.63) is 29.4 Å². The maximum Gasteiger partial charge on any atom is 0.321 e. The van der Waals surface area contributed by atoms with Crippen LogP contribution in [0.2, 0.25) is 5.02 Å². The smallest absolute Gasteiger partial charge is 0.321 e. The lowest BCUT2D eigenvalue weighted by molar-refractivity contribution is -0.139. The number of hydrogen-bond donors (Lipinski definition) is 4. The highest BCUT2D eigenvalue weighted by molar-refractivity contribution is 7.89. The Morgan fingerprint density at radius 2 is 2.08 bits per heavy atom. The number of sulfonamides is 1. The van der Waals surface area contributed by atoms with Crippen LogP contribution in [0.5, 0.6) is 0 Å². The van der Waals surface area contributed by atoms with Crippen LogP contribution in [0.3, 0.4) is 0 Å². The highest BCUT2D eigenvalue weighted by atomic mass is 35.5. The molecule has 6 N–H and O–H groups in total. The summed E-state index contributed by atoms with van der Waals surface area (Å²) >= 11 is 6.06. The number of nitrogens with zero attached hydrogens (tertiary/aromatic N) is 2. The second-order valence-corrected chi connectivity index (χ2v) is 7.22. The molecule has 0 aliphatic heterocycles. The number of fused-ring (bicyclic) bond motifs is 1. The fourth-order valence-corrected chi connectivity index (χ4v) is 3.63. The van der Waals surface area contributed by atoms with E-state index >= 15 is 0 Å². The van der Waals surface area contributed by atoms with E-state index in [1.807, 2.05) is 0 Å². The van der Waals surface area contributed by atoms with Gasteiger partial charge in [0.25, 0.3) is 0 Å². The van der Waals surface area contributed by atoms with E-state index in [-0.39, 0.29) is 23.1 Å². The molecule has 0 aliphatic rings. The van der Waals surface area contributed by atoms with Crippen LogP contribution in [0.15, 0.2) is 34.3 Å². The Bertz CT molecular complexity index is 957. The molecular weight excluding hydrogens is 370 g/mol. The third-order valence-corrected chi connectivity index (χ3v) is 5.11. The predicted octanol–water partition coefficient (Wildman–Crippen LogP) is 0.935. The van der Waals surface area contributed by atoms with Crippen LogP contribution in [0.25, 0.3) is 10.8 Å². The van der Waals surface area contributed by atoms with Crippen LogP contribution < -0.4 is 16.2 Å². The molecule has 2 aromatic rings. The van der Waals surface area contributed by atoms with Gasteiger partial charge >= 0.3 is 5.97 Å². The van der Waals surface area contributed by atoms with Crippen molar-refractivity contribution in [2.24, 2.45) is 16.5 Å². The van der Waals surface area contributed by atoms with Gasteiger partial charge in [-0.3, -0.25) is 4.79 Å². The molecule has 0 amide bonds. The first-order valence-electron chi connectivity index (χ1n) is 7.08. The molecule has 0 saturated heterocycles. The minimum absolute atomic E-state index is 0.0920. The number of carboxylic acid groups (broad SMARTS) is 1. The third kappa shape index (κ3) is 4.16. The van der Waals surface area contributed by atoms with Crippen LogP contribution in [-0.2, 0) is 14.8 Å². The number of hydrogen-bond acceptors (Lipinski definition) is 5. The van der Waals surface area contributed by atoms with Gasteiger partial charge in [0.1, 0.15) is 6.04 Å². The molecule has 0 radical (unpaired) electrons. The highest BCUT2D eigenvalue weighted by Gasteiger charge is 2.24. The Kier molecular flexibility index (Phi) is 5.45. The number of carbonyl (C=O) groups is 1. The van der Waals surface area contributed by atoms with Crippen molar-refractivity contribution in [2.45, 2.75) is 24.3 Å². The van der Waals surface area contributed by atoms with Gasteiger partial charge in [0.05, 0.1) is 9.92 Å². The third-order valence-electron chi connectivity index (χ3n) is 3.34. The second-order valence-electron chi connectivity index (χ2n) is 5.09. The average Bonchev–Trinajstić information content (AvgIpc) is 2.54. The number of nitrogens with two attached hydrogens (primary N) is 2. The number of rotatable bonds is 6. The number of benzene rings is 1. The van der Waals surface area contributed by atoms with Crippen LogP contribution in [0.4, 0.5) is 5.82 Å². The fourth-order valence-electron chi connectivity index (χ4n) is 2.12. The van der Waals surface area contributed by atoms with E-state index in [9.17, 15) is 13.2 Å². The molecule has 0 aliphatic carbocycles. The van der Waals surface area contributed by atoms with Crippen molar-refractivity contribution in [3.8, 4) is 0 Å². The van der Waals surface area contributed by atoms with Gasteiger partial charge in [0.2, 0.25) is 10.0 Å². The summed E-state index contributed by atoms with van der Waals surface area (Å²) in [7, 11) is -4.08. The topological polar surface area (TPSA) is 161 Å². The first kappa shape index (κ1) is 18.9. The summed E-state index contributed by atoms with van der Waals surface area (Å²) in [6, 6.07) is 2.83. The normalized spacial score (nSPS) is 12.7. The predicted molar refractivity (Wildman–Crippen MR) is 94.3 cm³/mol. The molecule has 0 spiro atoms. The quantitative estimate of drug-likeness (QED) is 0.424. The van der Waals surface area contributed by atoms with E-state index in [2.05, 4.69) is 14.7 Å². The average molecular weight is 386 g/mol. The maximum absolute atomic E-state index is 12.5. The van der Waals surface area contributed by atoms with E-state index in [0.29, 0.717) is 15.8 Å². The molecule has 11 heteroatoms. The van der Waals surface area contributed by atoms with E-state index in [4.69, 9.17) is 28.2 Å². The number of aliphatic carboxylic acids is 1. The van der Waals surface area contributed by atoms with Crippen molar-refractivity contribution < 1.29 is 18.3 Å². The van der Waals surface area contributed by atoms with Gasteiger partial charge < -0.3 is 16.6 Å². The zero-order valence-electron chi connectivity index (χ0n) is 13.1. The first-order chi connectivity index (χ1) is 11.7. The van der Waals surface area contributed by atoms with Crippen molar-refractivity contribution in [3.63, 3.8) is 0 Å². The van der Waals surface area contributed by atoms with Crippen LogP contribution in [0, 0.1) is 0 Å². The summed E-state index contributed by atoms with van der Waals surface area (Å²) in [5.41, 5.74) is 10.7. The molecule has 25 heavy (non-hydrogen) atoms. The number of aromatic nitrogens is 1. The van der Waals surface area contributed by atoms with Crippen molar-refractivity contribution >= 4 is 50.1 Å². The molecule has 9 nitrogen and oxygen atoms in total. The fraction of sp³-hybridized carbons (Fsp3) is 0.214. The van der Waals surface area contributed by atoms with Gasteiger partial charge in [-0.25, -0.2) is 13.4 Å². The molecule has 2 rings (SSSR count). The summed E-state index contributed by atoms with van der Waals surface area (Å²) in [5.74, 6) is -1.42. The van der Waals surface area contributed by atoms with E-state index < -0.39 is 22.0 Å². The van der Waals surface area contributed by atoms with E-state index in [0.717, 1.165) is 0 Å². The van der Waals surface area contributed by atoms with Crippen LogP contribution >= 0.6 is 11.6 Å².